The fourth-order valence-corrected chi connectivity index (χ4v) is 1.80. The van der Waals surface area contributed by atoms with Crippen molar-refractivity contribution in [2.45, 2.75) is 51.4 Å². The molecule has 0 aromatic carbocycles. The number of allylic oxidation sites excluding steroid dienone is 1. The highest BCUT2D eigenvalue weighted by Gasteiger charge is 2.12. The summed E-state index contributed by atoms with van der Waals surface area (Å²) in [5.41, 5.74) is 0. The van der Waals surface area contributed by atoms with Gasteiger partial charge in [-0.3, -0.25) is 0 Å². The van der Waals surface area contributed by atoms with Gasteiger partial charge in [0, 0.05) is 0 Å². The van der Waals surface area contributed by atoms with Crippen LogP contribution in [0.1, 0.15) is 51.4 Å². The van der Waals surface area contributed by atoms with Gasteiger partial charge < -0.3 is 0 Å². The highest BCUT2D eigenvalue weighted by atomic mass is 14.2. The molecule has 0 nitrogen and oxygen atoms in total. The Balaban J connectivity index is 2.00. The number of hydrogen-bond donors (Lipinski definition) is 0. The molecule has 0 aromatic heterocycles. The summed E-state index contributed by atoms with van der Waals surface area (Å²) in [7, 11) is 0. The monoisotopic (exact) mass is 151 g/mol. The van der Waals surface area contributed by atoms with E-state index in [9.17, 15) is 0 Å². The molecule has 1 aliphatic carbocycles. The van der Waals surface area contributed by atoms with Crippen LogP contribution < -0.4 is 0 Å². The smallest absolute Gasteiger partial charge is 0.0241 e. The molecular formula is C11H19. The van der Waals surface area contributed by atoms with Gasteiger partial charge in [-0.1, -0.05) is 25.3 Å². The van der Waals surface area contributed by atoms with Gasteiger partial charge in [0.15, 0.2) is 0 Å². The van der Waals surface area contributed by atoms with E-state index in [0.717, 1.165) is 0 Å². The summed E-state index contributed by atoms with van der Waals surface area (Å²) < 4.78 is 0. The van der Waals surface area contributed by atoms with Gasteiger partial charge >= 0.3 is 0 Å². The van der Waals surface area contributed by atoms with Gasteiger partial charge in [0.25, 0.3) is 0 Å². The van der Waals surface area contributed by atoms with E-state index in [-0.39, 0.29) is 0 Å². The van der Waals surface area contributed by atoms with Crippen molar-refractivity contribution >= 4 is 0 Å². The third-order valence-corrected chi connectivity index (χ3v) is 2.50. The Morgan fingerprint density at radius 2 is 1.91 bits per heavy atom. The summed E-state index contributed by atoms with van der Waals surface area (Å²) in [5, 5.41) is 0. The van der Waals surface area contributed by atoms with Crippen LogP contribution in [-0.2, 0) is 0 Å². The lowest BCUT2D eigenvalue weighted by atomic mass is 9.86. The fourth-order valence-electron chi connectivity index (χ4n) is 1.80. The SMILES string of the molecule is C=CCCC[C]1CCCCC1. The van der Waals surface area contributed by atoms with Crippen molar-refractivity contribution < 1.29 is 0 Å². The van der Waals surface area contributed by atoms with Gasteiger partial charge in [0.1, 0.15) is 0 Å². The Bertz CT molecular complexity index is 98.6. The molecule has 1 aliphatic rings. The van der Waals surface area contributed by atoms with Crippen LogP contribution in [0.25, 0.3) is 0 Å². The maximum Gasteiger partial charge on any atom is -0.0241 e. The van der Waals surface area contributed by atoms with Gasteiger partial charge in [-0.15, -0.1) is 6.58 Å². The minimum Gasteiger partial charge on any atom is -0.103 e. The number of unbranched alkanes of at least 4 members (excludes halogenated alkanes) is 1. The van der Waals surface area contributed by atoms with Crippen LogP contribution in [0.3, 0.4) is 0 Å². The topological polar surface area (TPSA) is 0 Å². The molecule has 0 unspecified atom stereocenters. The average Bonchev–Trinajstić information content (AvgIpc) is 2.07. The molecule has 0 heterocycles. The first-order valence-electron chi connectivity index (χ1n) is 4.88. The van der Waals surface area contributed by atoms with Crippen molar-refractivity contribution in [3.05, 3.63) is 18.6 Å². The zero-order chi connectivity index (χ0) is 7.94. The van der Waals surface area contributed by atoms with Crippen LogP contribution in [-0.4, -0.2) is 0 Å². The van der Waals surface area contributed by atoms with Crippen molar-refractivity contribution in [1.82, 2.24) is 0 Å². The molecule has 0 heteroatoms. The van der Waals surface area contributed by atoms with Crippen LogP contribution in [0.4, 0.5) is 0 Å². The lowest BCUT2D eigenvalue weighted by Gasteiger charge is -2.20. The fraction of sp³-hybridized carbons (Fsp3) is 0.727. The van der Waals surface area contributed by atoms with Gasteiger partial charge in [0.2, 0.25) is 0 Å². The van der Waals surface area contributed by atoms with Crippen LogP contribution in [0.15, 0.2) is 12.7 Å². The summed E-state index contributed by atoms with van der Waals surface area (Å²) >= 11 is 0. The number of rotatable bonds is 4. The Morgan fingerprint density at radius 3 is 2.55 bits per heavy atom. The average molecular weight is 151 g/mol. The molecule has 1 rings (SSSR count). The van der Waals surface area contributed by atoms with Crippen molar-refractivity contribution in [2.75, 3.05) is 0 Å². The highest BCUT2D eigenvalue weighted by Crippen LogP contribution is 2.29. The minimum atomic E-state index is 1.20. The molecule has 0 amide bonds. The second kappa shape index (κ2) is 5.40. The second-order valence-electron chi connectivity index (χ2n) is 3.49. The van der Waals surface area contributed by atoms with Crippen molar-refractivity contribution in [3.63, 3.8) is 0 Å². The van der Waals surface area contributed by atoms with E-state index in [1.54, 1.807) is 0 Å². The molecule has 0 spiro atoms. The molecule has 0 bridgehead atoms. The third-order valence-electron chi connectivity index (χ3n) is 2.50. The molecule has 1 saturated carbocycles. The molecule has 1 fully saturated rings. The van der Waals surface area contributed by atoms with Crippen LogP contribution in [0, 0.1) is 5.92 Å². The van der Waals surface area contributed by atoms with E-state index in [2.05, 4.69) is 6.58 Å². The van der Waals surface area contributed by atoms with E-state index in [0.29, 0.717) is 0 Å². The molecule has 0 aromatic rings. The summed E-state index contributed by atoms with van der Waals surface area (Å²) in [6.07, 6.45) is 13.1. The first-order chi connectivity index (χ1) is 5.43. The molecular weight excluding hydrogens is 132 g/mol. The molecule has 0 atom stereocenters. The molecule has 11 heavy (non-hydrogen) atoms. The predicted molar refractivity (Wildman–Crippen MR) is 50.4 cm³/mol. The van der Waals surface area contributed by atoms with E-state index in [1.165, 1.54) is 51.4 Å². The highest BCUT2D eigenvalue weighted by molar-refractivity contribution is 4.92. The first-order valence-corrected chi connectivity index (χ1v) is 4.88. The van der Waals surface area contributed by atoms with Gasteiger partial charge in [-0.05, 0) is 38.0 Å². The van der Waals surface area contributed by atoms with Crippen LogP contribution in [0.5, 0.6) is 0 Å². The first kappa shape index (κ1) is 8.83. The largest absolute Gasteiger partial charge is 0.103 e. The summed E-state index contributed by atoms with van der Waals surface area (Å²) in [6, 6.07) is 0. The van der Waals surface area contributed by atoms with Crippen molar-refractivity contribution in [1.29, 1.82) is 0 Å². The third kappa shape index (κ3) is 3.60. The molecule has 63 valence electrons. The quantitative estimate of drug-likeness (QED) is 0.422. The van der Waals surface area contributed by atoms with E-state index < -0.39 is 0 Å². The van der Waals surface area contributed by atoms with E-state index in [1.807, 2.05) is 12.0 Å². The molecule has 0 N–H and O–H groups in total. The molecule has 0 aliphatic heterocycles. The lowest BCUT2D eigenvalue weighted by molar-refractivity contribution is 0.498. The maximum atomic E-state index is 3.73. The lowest BCUT2D eigenvalue weighted by Crippen LogP contribution is -2.03. The van der Waals surface area contributed by atoms with Crippen LogP contribution in [0.2, 0.25) is 0 Å². The zero-order valence-corrected chi connectivity index (χ0v) is 7.44. The minimum absolute atomic E-state index is 1.20. The zero-order valence-electron chi connectivity index (χ0n) is 7.44. The second-order valence-corrected chi connectivity index (χ2v) is 3.49. The van der Waals surface area contributed by atoms with Gasteiger partial charge in [-0.2, -0.15) is 0 Å². The standard InChI is InChI=1S/C11H19/c1-2-3-5-8-11-9-6-4-7-10-11/h2H,1,3-10H2. The van der Waals surface area contributed by atoms with E-state index >= 15 is 0 Å². The van der Waals surface area contributed by atoms with Crippen molar-refractivity contribution in [2.24, 2.45) is 0 Å². The Morgan fingerprint density at radius 1 is 1.18 bits per heavy atom. The summed E-state index contributed by atoms with van der Waals surface area (Å²) in [6.45, 7) is 3.73. The molecule has 0 saturated heterocycles. The molecule has 1 radical (unpaired) electrons. The Labute approximate surface area is 70.7 Å². The normalized spacial score (nSPS) is 20.0. The Hall–Kier alpha value is -0.260. The Kier molecular flexibility index (Phi) is 4.33. The number of hydrogen-bond acceptors (Lipinski definition) is 0. The van der Waals surface area contributed by atoms with Gasteiger partial charge in [0.05, 0.1) is 0 Å². The van der Waals surface area contributed by atoms with Crippen molar-refractivity contribution in [3.8, 4) is 0 Å². The summed E-state index contributed by atoms with van der Waals surface area (Å²) in [5.74, 6) is 1.82. The van der Waals surface area contributed by atoms with Crippen LogP contribution >= 0.6 is 0 Å². The summed E-state index contributed by atoms with van der Waals surface area (Å²) in [4.78, 5) is 0. The predicted octanol–water partition coefficient (Wildman–Crippen LogP) is 3.88. The maximum absolute atomic E-state index is 3.73. The van der Waals surface area contributed by atoms with E-state index in [4.69, 9.17) is 0 Å². The van der Waals surface area contributed by atoms with Gasteiger partial charge in [-0.25, -0.2) is 0 Å².